The third-order valence-electron chi connectivity index (χ3n) is 5.02. The molecule has 29 heavy (non-hydrogen) atoms. The highest BCUT2D eigenvalue weighted by atomic mass is 127. The van der Waals surface area contributed by atoms with Gasteiger partial charge in [-0.15, -0.1) is 0 Å². The minimum absolute atomic E-state index is 0.150. The van der Waals surface area contributed by atoms with Crippen LogP contribution in [-0.2, 0) is 17.6 Å². The number of fused-ring (bicyclic) bond motifs is 1. The van der Waals surface area contributed by atoms with Gasteiger partial charge >= 0.3 is 0 Å². The standard InChI is InChI=1S/C21H19IN4O3/c1-26-19-7-6-16(29-22)10-17(19)20(27)25-18(21(26)28)9-14-4-2-13(3-5-14)8-15-11-23-24-12-15/h2-7,10-12,18H,8-9H2,1H3,(H,23,24)(H,25,27). The second kappa shape index (κ2) is 8.24. The van der Waals surface area contributed by atoms with Gasteiger partial charge in [0.15, 0.2) is 23.0 Å². The van der Waals surface area contributed by atoms with Gasteiger partial charge in [0.05, 0.1) is 17.4 Å². The van der Waals surface area contributed by atoms with Crippen LogP contribution in [0.1, 0.15) is 27.0 Å². The SMILES string of the molecule is CN1C(=O)C(Cc2ccc(Cc3cn[nH]c3)cc2)NC(=O)c2cc(OI)ccc21. The molecule has 0 spiro atoms. The summed E-state index contributed by atoms with van der Waals surface area (Å²) in [5.74, 6) is 0.129. The Morgan fingerprint density at radius 3 is 2.55 bits per heavy atom. The lowest BCUT2D eigenvalue weighted by molar-refractivity contribution is -0.120. The third kappa shape index (κ3) is 4.12. The van der Waals surface area contributed by atoms with E-state index in [2.05, 4.69) is 15.5 Å². The maximum Gasteiger partial charge on any atom is 0.254 e. The van der Waals surface area contributed by atoms with Crippen molar-refractivity contribution in [1.29, 1.82) is 0 Å². The summed E-state index contributed by atoms with van der Waals surface area (Å²) in [4.78, 5) is 27.2. The van der Waals surface area contributed by atoms with Crippen molar-refractivity contribution in [3.05, 3.63) is 77.1 Å². The fourth-order valence-electron chi connectivity index (χ4n) is 3.46. The van der Waals surface area contributed by atoms with Gasteiger partial charge in [-0.1, -0.05) is 24.3 Å². The van der Waals surface area contributed by atoms with Gasteiger partial charge in [0.2, 0.25) is 5.91 Å². The Kier molecular flexibility index (Phi) is 5.52. The molecule has 1 unspecified atom stereocenters. The number of halogens is 1. The van der Waals surface area contributed by atoms with E-state index in [1.54, 1.807) is 54.4 Å². The lowest BCUT2D eigenvalue weighted by Gasteiger charge is -2.21. The average molecular weight is 502 g/mol. The maximum atomic E-state index is 13.0. The van der Waals surface area contributed by atoms with Crippen LogP contribution in [-0.4, -0.2) is 35.1 Å². The minimum atomic E-state index is -0.636. The van der Waals surface area contributed by atoms with Crippen molar-refractivity contribution < 1.29 is 12.7 Å². The molecule has 1 atom stereocenters. The van der Waals surface area contributed by atoms with Crippen LogP contribution < -0.4 is 13.3 Å². The van der Waals surface area contributed by atoms with Crippen LogP contribution in [0.3, 0.4) is 0 Å². The van der Waals surface area contributed by atoms with Crippen LogP contribution in [0.5, 0.6) is 5.75 Å². The molecule has 1 aliphatic heterocycles. The zero-order chi connectivity index (χ0) is 20.4. The summed E-state index contributed by atoms with van der Waals surface area (Å²) in [6, 6.07) is 12.5. The lowest BCUT2D eigenvalue weighted by Crippen LogP contribution is -2.45. The monoisotopic (exact) mass is 502 g/mol. The van der Waals surface area contributed by atoms with Crippen LogP contribution in [0.2, 0.25) is 0 Å². The number of anilines is 1. The molecule has 0 bridgehead atoms. The van der Waals surface area contributed by atoms with Gasteiger partial charge in [-0.2, -0.15) is 5.10 Å². The number of hydrogen-bond acceptors (Lipinski definition) is 4. The van der Waals surface area contributed by atoms with Gasteiger partial charge in [-0.3, -0.25) is 14.7 Å². The molecule has 4 rings (SSSR count). The molecule has 8 heteroatoms. The predicted octanol–water partition coefficient (Wildman–Crippen LogP) is 3.05. The van der Waals surface area contributed by atoms with E-state index in [0.717, 1.165) is 23.1 Å². The number of amides is 2. The molecule has 0 saturated heterocycles. The van der Waals surface area contributed by atoms with Crippen molar-refractivity contribution in [2.24, 2.45) is 0 Å². The zero-order valence-electron chi connectivity index (χ0n) is 15.7. The first-order valence-electron chi connectivity index (χ1n) is 9.11. The van der Waals surface area contributed by atoms with Gasteiger partial charge in [-0.05, 0) is 34.9 Å². The summed E-state index contributed by atoms with van der Waals surface area (Å²) in [6.07, 6.45) is 4.88. The van der Waals surface area contributed by atoms with Crippen LogP contribution >= 0.6 is 23.0 Å². The van der Waals surface area contributed by atoms with Crippen LogP contribution in [0.25, 0.3) is 0 Å². The molecule has 0 fully saturated rings. The molecular weight excluding hydrogens is 483 g/mol. The number of likely N-dealkylation sites (N-methyl/N-ethyl adjacent to an activating group) is 1. The van der Waals surface area contributed by atoms with Crippen molar-refractivity contribution in [2.45, 2.75) is 18.9 Å². The Morgan fingerprint density at radius 1 is 1.10 bits per heavy atom. The average Bonchev–Trinajstić information content (AvgIpc) is 3.23. The largest absolute Gasteiger partial charge is 0.428 e. The topological polar surface area (TPSA) is 87.3 Å². The van der Waals surface area contributed by atoms with Gasteiger partial charge in [0.1, 0.15) is 11.8 Å². The number of aromatic nitrogens is 2. The first kappa shape index (κ1) is 19.4. The smallest absolute Gasteiger partial charge is 0.254 e. The number of rotatable bonds is 5. The zero-order valence-corrected chi connectivity index (χ0v) is 17.8. The molecule has 1 aromatic heterocycles. The number of aromatic amines is 1. The Labute approximate surface area is 182 Å². The van der Waals surface area contributed by atoms with E-state index in [1.807, 2.05) is 30.5 Å². The molecule has 0 saturated carbocycles. The number of hydrogen-bond donors (Lipinski definition) is 2. The van der Waals surface area contributed by atoms with E-state index in [4.69, 9.17) is 3.07 Å². The number of H-pyrrole nitrogens is 1. The Morgan fingerprint density at radius 2 is 1.86 bits per heavy atom. The quantitative estimate of drug-likeness (QED) is 0.526. The molecule has 2 amide bonds. The Balaban J connectivity index is 1.52. The second-order valence-corrected chi connectivity index (χ2v) is 7.42. The highest BCUT2D eigenvalue weighted by Gasteiger charge is 2.32. The molecule has 1 aliphatic rings. The van der Waals surface area contributed by atoms with E-state index >= 15 is 0 Å². The van der Waals surface area contributed by atoms with Gasteiger partial charge in [-0.25, -0.2) is 0 Å². The number of carbonyl (C=O) groups is 2. The highest BCUT2D eigenvalue weighted by molar-refractivity contribution is 14.1. The molecule has 2 aromatic carbocycles. The van der Waals surface area contributed by atoms with Gasteiger partial charge in [0.25, 0.3) is 5.91 Å². The summed E-state index contributed by atoms with van der Waals surface area (Å²) in [5, 5.41) is 9.63. The minimum Gasteiger partial charge on any atom is -0.428 e. The molecule has 2 N–H and O–H groups in total. The van der Waals surface area contributed by atoms with E-state index in [-0.39, 0.29) is 11.8 Å². The molecular formula is C21H19IN4O3. The van der Waals surface area contributed by atoms with E-state index in [1.165, 1.54) is 4.90 Å². The van der Waals surface area contributed by atoms with Crippen LogP contribution in [0.4, 0.5) is 5.69 Å². The molecule has 2 heterocycles. The summed E-state index contributed by atoms with van der Waals surface area (Å²) in [6.45, 7) is 0. The highest BCUT2D eigenvalue weighted by Crippen LogP contribution is 2.28. The summed E-state index contributed by atoms with van der Waals surface area (Å²) >= 11 is 1.76. The van der Waals surface area contributed by atoms with Crippen molar-refractivity contribution in [3.8, 4) is 5.75 Å². The molecule has 7 nitrogen and oxygen atoms in total. The Bertz CT molecular complexity index is 1030. The second-order valence-electron chi connectivity index (χ2n) is 6.98. The van der Waals surface area contributed by atoms with Crippen molar-refractivity contribution in [1.82, 2.24) is 15.5 Å². The number of benzene rings is 2. The number of nitrogens with zero attached hydrogens (tertiary/aromatic N) is 2. The van der Waals surface area contributed by atoms with E-state index < -0.39 is 6.04 Å². The van der Waals surface area contributed by atoms with Crippen molar-refractivity contribution >= 4 is 40.5 Å². The van der Waals surface area contributed by atoms with Gasteiger partial charge < -0.3 is 13.3 Å². The Hall–Kier alpha value is -2.88. The van der Waals surface area contributed by atoms with E-state index in [9.17, 15) is 9.59 Å². The molecule has 0 aliphatic carbocycles. The van der Waals surface area contributed by atoms with Crippen LogP contribution in [0.15, 0.2) is 54.9 Å². The maximum absolute atomic E-state index is 13.0. The molecule has 3 aromatic rings. The third-order valence-corrected chi connectivity index (χ3v) is 5.53. The fourth-order valence-corrected chi connectivity index (χ4v) is 3.74. The van der Waals surface area contributed by atoms with Crippen molar-refractivity contribution in [3.63, 3.8) is 0 Å². The predicted molar refractivity (Wildman–Crippen MR) is 117 cm³/mol. The summed E-state index contributed by atoms with van der Waals surface area (Å²) in [5.41, 5.74) is 4.24. The normalized spacial score (nSPS) is 16.2. The fraction of sp³-hybridized carbons (Fsp3) is 0.190. The number of nitrogens with one attached hydrogen (secondary N) is 2. The summed E-state index contributed by atoms with van der Waals surface area (Å²) < 4.78 is 5.18. The van der Waals surface area contributed by atoms with Crippen molar-refractivity contribution in [2.75, 3.05) is 11.9 Å². The number of carbonyl (C=O) groups excluding carboxylic acids is 2. The summed E-state index contributed by atoms with van der Waals surface area (Å²) in [7, 11) is 1.69. The molecule has 148 valence electrons. The van der Waals surface area contributed by atoms with E-state index in [0.29, 0.717) is 23.4 Å². The molecule has 0 radical (unpaired) electrons. The lowest BCUT2D eigenvalue weighted by atomic mass is 10.0. The van der Waals surface area contributed by atoms with Gasteiger partial charge in [0, 0.05) is 26.1 Å². The first-order chi connectivity index (χ1) is 14.0. The van der Waals surface area contributed by atoms with Crippen LogP contribution in [0, 0.1) is 0 Å². The first-order valence-corrected chi connectivity index (χ1v) is 10.00.